The summed E-state index contributed by atoms with van der Waals surface area (Å²) < 4.78 is 1.82. The van der Waals surface area contributed by atoms with Crippen LogP contribution in [0.4, 0.5) is 0 Å². The molecule has 3 heterocycles. The predicted octanol–water partition coefficient (Wildman–Crippen LogP) is 4.12. The normalized spacial score (nSPS) is 11.3. The molecular formula is C22H22N4O3S. The SMILES string of the molecule is CC(C)n1ncc2c(C(=O)NCCc3ccc(O)c(O)c3)cc(-c3cccs3)nc21. The van der Waals surface area contributed by atoms with Gasteiger partial charge in [0.1, 0.15) is 0 Å². The number of carbonyl (C=O) groups is 1. The molecule has 154 valence electrons. The van der Waals surface area contributed by atoms with Crippen molar-refractivity contribution in [1.82, 2.24) is 20.1 Å². The first kappa shape index (κ1) is 19.9. The Kier molecular flexibility index (Phi) is 5.41. The average molecular weight is 423 g/mol. The molecule has 0 saturated heterocycles. The lowest BCUT2D eigenvalue weighted by molar-refractivity contribution is 0.0955. The van der Waals surface area contributed by atoms with Gasteiger partial charge in [0, 0.05) is 12.6 Å². The van der Waals surface area contributed by atoms with Gasteiger partial charge in [-0.3, -0.25) is 4.79 Å². The highest BCUT2D eigenvalue weighted by Crippen LogP contribution is 2.29. The van der Waals surface area contributed by atoms with E-state index in [0.717, 1.165) is 16.1 Å². The number of carbonyl (C=O) groups excluding carboxylic acids is 1. The number of rotatable bonds is 6. The fourth-order valence-corrected chi connectivity index (χ4v) is 3.96. The second-order valence-corrected chi connectivity index (χ2v) is 8.23. The number of hydrogen-bond donors (Lipinski definition) is 3. The smallest absolute Gasteiger partial charge is 0.252 e. The Morgan fingerprint density at radius 1 is 1.20 bits per heavy atom. The van der Waals surface area contributed by atoms with Crippen LogP contribution < -0.4 is 5.32 Å². The Morgan fingerprint density at radius 2 is 2.03 bits per heavy atom. The topological polar surface area (TPSA) is 100 Å². The second-order valence-electron chi connectivity index (χ2n) is 7.28. The van der Waals surface area contributed by atoms with Crippen LogP contribution in [0.2, 0.25) is 0 Å². The van der Waals surface area contributed by atoms with E-state index in [1.807, 2.05) is 42.1 Å². The van der Waals surface area contributed by atoms with Crippen LogP contribution in [0.3, 0.4) is 0 Å². The first-order valence-electron chi connectivity index (χ1n) is 9.65. The van der Waals surface area contributed by atoms with E-state index >= 15 is 0 Å². The van der Waals surface area contributed by atoms with Crippen LogP contribution in [0.1, 0.15) is 35.8 Å². The van der Waals surface area contributed by atoms with Gasteiger partial charge in [-0.25, -0.2) is 9.67 Å². The third-order valence-electron chi connectivity index (χ3n) is 4.81. The zero-order valence-electron chi connectivity index (χ0n) is 16.7. The maximum atomic E-state index is 13.0. The summed E-state index contributed by atoms with van der Waals surface area (Å²) >= 11 is 1.57. The number of thiophene rings is 1. The van der Waals surface area contributed by atoms with Crippen molar-refractivity contribution in [3.8, 4) is 22.1 Å². The molecule has 0 atom stereocenters. The van der Waals surface area contributed by atoms with Gasteiger partial charge >= 0.3 is 0 Å². The van der Waals surface area contributed by atoms with E-state index in [1.165, 1.54) is 12.1 Å². The van der Waals surface area contributed by atoms with Gasteiger partial charge in [-0.05, 0) is 55.5 Å². The molecule has 0 aliphatic carbocycles. The molecule has 8 heteroatoms. The zero-order chi connectivity index (χ0) is 21.3. The molecule has 30 heavy (non-hydrogen) atoms. The van der Waals surface area contributed by atoms with E-state index in [0.29, 0.717) is 29.6 Å². The Hall–Kier alpha value is -3.39. The molecule has 4 aromatic rings. The fourth-order valence-electron chi connectivity index (χ4n) is 3.27. The summed E-state index contributed by atoms with van der Waals surface area (Å²) in [6, 6.07) is 10.5. The van der Waals surface area contributed by atoms with Gasteiger partial charge in [0.15, 0.2) is 17.1 Å². The molecular weight excluding hydrogens is 400 g/mol. The molecule has 4 rings (SSSR count). The summed E-state index contributed by atoms with van der Waals surface area (Å²) in [4.78, 5) is 18.8. The lowest BCUT2D eigenvalue weighted by atomic mass is 10.1. The molecule has 0 bridgehead atoms. The maximum Gasteiger partial charge on any atom is 0.252 e. The van der Waals surface area contributed by atoms with Gasteiger partial charge < -0.3 is 15.5 Å². The summed E-state index contributed by atoms with van der Waals surface area (Å²) in [6.45, 7) is 4.44. The third kappa shape index (κ3) is 3.86. The third-order valence-corrected chi connectivity index (χ3v) is 5.71. The van der Waals surface area contributed by atoms with Crippen molar-refractivity contribution in [3.63, 3.8) is 0 Å². The van der Waals surface area contributed by atoms with E-state index in [4.69, 9.17) is 4.98 Å². The monoisotopic (exact) mass is 422 g/mol. The molecule has 1 aromatic carbocycles. The number of aromatic nitrogens is 3. The Bertz CT molecular complexity index is 1200. The second kappa shape index (κ2) is 8.16. The number of benzene rings is 1. The van der Waals surface area contributed by atoms with Gasteiger partial charge in [0.25, 0.3) is 5.91 Å². The van der Waals surface area contributed by atoms with E-state index in [-0.39, 0.29) is 23.4 Å². The first-order valence-corrected chi connectivity index (χ1v) is 10.5. The van der Waals surface area contributed by atoms with Crippen molar-refractivity contribution in [3.05, 3.63) is 59.1 Å². The number of aromatic hydroxyl groups is 2. The molecule has 0 aliphatic heterocycles. The number of phenols is 2. The average Bonchev–Trinajstić information content (AvgIpc) is 3.39. The predicted molar refractivity (Wildman–Crippen MR) is 117 cm³/mol. The van der Waals surface area contributed by atoms with Crippen molar-refractivity contribution in [2.45, 2.75) is 26.3 Å². The molecule has 7 nitrogen and oxygen atoms in total. The van der Waals surface area contributed by atoms with Gasteiger partial charge in [0.05, 0.1) is 27.7 Å². The van der Waals surface area contributed by atoms with Crippen LogP contribution in [0, 0.1) is 0 Å². The minimum absolute atomic E-state index is 0.117. The molecule has 3 aromatic heterocycles. The summed E-state index contributed by atoms with van der Waals surface area (Å²) in [7, 11) is 0. The number of nitrogens with zero attached hydrogens (tertiary/aromatic N) is 3. The van der Waals surface area contributed by atoms with Crippen LogP contribution in [0.25, 0.3) is 21.6 Å². The number of nitrogens with one attached hydrogen (secondary N) is 1. The molecule has 0 saturated carbocycles. The largest absolute Gasteiger partial charge is 0.504 e. The van der Waals surface area contributed by atoms with Gasteiger partial charge in [-0.2, -0.15) is 5.10 Å². The summed E-state index contributed by atoms with van der Waals surface area (Å²) in [5.74, 6) is -0.534. The number of hydrogen-bond acceptors (Lipinski definition) is 6. The van der Waals surface area contributed by atoms with Crippen molar-refractivity contribution in [1.29, 1.82) is 0 Å². The standard InChI is InChI=1S/C22H22N4O3S/c1-13(2)26-21-16(12-24-26)15(11-17(25-21)20-4-3-9-30-20)22(29)23-8-7-14-5-6-18(27)19(28)10-14/h3-6,9-13,27-28H,7-8H2,1-2H3,(H,23,29). The van der Waals surface area contributed by atoms with Crippen molar-refractivity contribution in [2.24, 2.45) is 0 Å². The zero-order valence-corrected chi connectivity index (χ0v) is 17.5. The van der Waals surface area contributed by atoms with Crippen LogP contribution in [-0.2, 0) is 6.42 Å². The van der Waals surface area contributed by atoms with E-state index < -0.39 is 0 Å². The van der Waals surface area contributed by atoms with Crippen LogP contribution in [0.5, 0.6) is 11.5 Å². The van der Waals surface area contributed by atoms with Gasteiger partial charge in [-0.15, -0.1) is 11.3 Å². The van der Waals surface area contributed by atoms with Crippen LogP contribution in [0.15, 0.2) is 48.0 Å². The Labute approximate surface area is 177 Å². The molecule has 3 N–H and O–H groups in total. The molecule has 1 amide bonds. The lowest BCUT2D eigenvalue weighted by Gasteiger charge is -2.11. The highest BCUT2D eigenvalue weighted by Gasteiger charge is 2.18. The highest BCUT2D eigenvalue weighted by atomic mass is 32.1. The van der Waals surface area contributed by atoms with Gasteiger partial charge in [0.2, 0.25) is 0 Å². The first-order chi connectivity index (χ1) is 14.4. The molecule has 0 fully saturated rings. The van der Waals surface area contributed by atoms with E-state index in [1.54, 1.807) is 23.6 Å². The summed E-state index contributed by atoms with van der Waals surface area (Å²) in [6.07, 6.45) is 2.21. The summed E-state index contributed by atoms with van der Waals surface area (Å²) in [5.41, 5.74) is 2.78. The fraction of sp³-hybridized carbons (Fsp3) is 0.227. The highest BCUT2D eigenvalue weighted by molar-refractivity contribution is 7.13. The Morgan fingerprint density at radius 3 is 2.73 bits per heavy atom. The molecule has 0 aliphatic rings. The number of phenolic OH excluding ortho intramolecular Hbond substituents is 2. The number of fused-ring (bicyclic) bond motifs is 1. The Balaban J connectivity index is 1.61. The van der Waals surface area contributed by atoms with E-state index in [9.17, 15) is 15.0 Å². The quantitative estimate of drug-likeness (QED) is 0.406. The number of pyridine rings is 1. The minimum Gasteiger partial charge on any atom is -0.504 e. The summed E-state index contributed by atoms with van der Waals surface area (Å²) in [5, 5.41) is 29.1. The van der Waals surface area contributed by atoms with Gasteiger partial charge in [-0.1, -0.05) is 12.1 Å². The van der Waals surface area contributed by atoms with Crippen molar-refractivity contribution >= 4 is 28.3 Å². The lowest BCUT2D eigenvalue weighted by Crippen LogP contribution is -2.26. The van der Waals surface area contributed by atoms with Crippen molar-refractivity contribution in [2.75, 3.05) is 6.54 Å². The maximum absolute atomic E-state index is 13.0. The van der Waals surface area contributed by atoms with Crippen LogP contribution >= 0.6 is 11.3 Å². The van der Waals surface area contributed by atoms with Crippen LogP contribution in [-0.4, -0.2) is 37.4 Å². The molecule has 0 spiro atoms. The number of amides is 1. The van der Waals surface area contributed by atoms with E-state index in [2.05, 4.69) is 10.4 Å². The van der Waals surface area contributed by atoms with Crippen molar-refractivity contribution < 1.29 is 15.0 Å². The minimum atomic E-state index is -0.202. The molecule has 0 unspecified atom stereocenters. The molecule has 0 radical (unpaired) electrons.